The molecule has 2 aromatic rings. The molecule has 0 radical (unpaired) electrons. The number of nitrogens with one attached hydrogen (secondary N) is 1. The van der Waals surface area contributed by atoms with Crippen LogP contribution in [-0.2, 0) is 12.6 Å². The van der Waals surface area contributed by atoms with Gasteiger partial charge in [0, 0.05) is 18.4 Å². The molecule has 1 N–H and O–H groups in total. The lowest BCUT2D eigenvalue weighted by Crippen LogP contribution is -2.20. The van der Waals surface area contributed by atoms with Gasteiger partial charge in [0.1, 0.15) is 0 Å². The van der Waals surface area contributed by atoms with Crippen LogP contribution in [0.5, 0.6) is 0 Å². The second-order valence-corrected chi connectivity index (χ2v) is 4.98. The Morgan fingerprint density at radius 3 is 2.52 bits per heavy atom. The monoisotopic (exact) mass is 294 g/mol. The van der Waals surface area contributed by atoms with Crippen molar-refractivity contribution >= 4 is 0 Å². The molecule has 21 heavy (non-hydrogen) atoms. The number of aromatic nitrogens is 1. The van der Waals surface area contributed by atoms with Crippen LogP contribution in [0.25, 0.3) is 0 Å². The first-order valence-electron chi connectivity index (χ1n) is 6.65. The van der Waals surface area contributed by atoms with Gasteiger partial charge in [-0.1, -0.05) is 12.1 Å². The maximum atomic E-state index is 12.7. The first-order chi connectivity index (χ1) is 9.91. The van der Waals surface area contributed by atoms with Gasteiger partial charge >= 0.3 is 6.18 Å². The lowest BCUT2D eigenvalue weighted by atomic mass is 9.94. The third kappa shape index (κ3) is 3.82. The Labute approximate surface area is 122 Å². The molecular formula is C16H17F3N2. The number of aryl methyl sites for hydroxylation is 1. The van der Waals surface area contributed by atoms with Crippen molar-refractivity contribution in [3.63, 3.8) is 0 Å². The quantitative estimate of drug-likeness (QED) is 0.924. The molecule has 0 aliphatic rings. The number of hydrogen-bond acceptors (Lipinski definition) is 2. The molecule has 0 saturated carbocycles. The smallest absolute Gasteiger partial charge is 0.313 e. The van der Waals surface area contributed by atoms with Crippen molar-refractivity contribution in [3.05, 3.63) is 65.0 Å². The second-order valence-electron chi connectivity index (χ2n) is 4.98. The number of benzene rings is 1. The van der Waals surface area contributed by atoms with E-state index in [4.69, 9.17) is 0 Å². The molecule has 2 nitrogen and oxygen atoms in total. The van der Waals surface area contributed by atoms with E-state index in [9.17, 15) is 13.2 Å². The van der Waals surface area contributed by atoms with Crippen molar-refractivity contribution in [3.8, 4) is 0 Å². The molecule has 1 unspecified atom stereocenters. The number of likely N-dealkylation sites (N-methyl/N-ethyl adjacent to an activating group) is 1. The molecule has 0 amide bonds. The van der Waals surface area contributed by atoms with Crippen molar-refractivity contribution in [2.75, 3.05) is 7.05 Å². The van der Waals surface area contributed by atoms with E-state index < -0.39 is 11.7 Å². The largest absolute Gasteiger partial charge is 0.416 e. The highest BCUT2D eigenvalue weighted by Crippen LogP contribution is 2.32. The van der Waals surface area contributed by atoms with Crippen LogP contribution in [0.1, 0.15) is 28.3 Å². The van der Waals surface area contributed by atoms with Gasteiger partial charge < -0.3 is 5.32 Å². The van der Waals surface area contributed by atoms with Crippen LogP contribution in [-0.4, -0.2) is 12.0 Å². The summed E-state index contributed by atoms with van der Waals surface area (Å²) < 4.78 is 38.1. The number of nitrogens with zero attached hydrogens (tertiary/aromatic N) is 1. The van der Waals surface area contributed by atoms with Crippen molar-refractivity contribution in [2.45, 2.75) is 25.6 Å². The first kappa shape index (κ1) is 15.5. The number of hydrogen-bond donors (Lipinski definition) is 1. The maximum absolute atomic E-state index is 12.7. The fraction of sp³-hybridized carbons (Fsp3) is 0.312. The number of alkyl halides is 3. The van der Waals surface area contributed by atoms with Gasteiger partial charge in [-0.25, -0.2) is 0 Å². The third-order valence-electron chi connectivity index (χ3n) is 3.48. The Morgan fingerprint density at radius 2 is 2.00 bits per heavy atom. The molecule has 5 heteroatoms. The zero-order valence-electron chi connectivity index (χ0n) is 11.9. The fourth-order valence-electron chi connectivity index (χ4n) is 2.37. The van der Waals surface area contributed by atoms with E-state index >= 15 is 0 Å². The Hall–Kier alpha value is -1.88. The summed E-state index contributed by atoms with van der Waals surface area (Å²) in [7, 11) is 1.80. The van der Waals surface area contributed by atoms with E-state index in [1.807, 2.05) is 12.1 Å². The number of halogens is 3. The van der Waals surface area contributed by atoms with Gasteiger partial charge in [0.25, 0.3) is 0 Å². The average Bonchev–Trinajstić information content (AvgIpc) is 2.45. The van der Waals surface area contributed by atoms with Crippen molar-refractivity contribution in [1.82, 2.24) is 10.3 Å². The van der Waals surface area contributed by atoms with E-state index in [0.717, 1.165) is 17.2 Å². The topological polar surface area (TPSA) is 24.9 Å². The van der Waals surface area contributed by atoms with E-state index in [2.05, 4.69) is 10.3 Å². The van der Waals surface area contributed by atoms with Gasteiger partial charge in [0.05, 0.1) is 5.56 Å². The molecule has 1 aromatic carbocycles. The molecule has 0 bridgehead atoms. The molecule has 1 atom stereocenters. The Morgan fingerprint density at radius 1 is 1.24 bits per heavy atom. The SMILES string of the molecule is CNC(Cc1cccnc1)c1ccc(C(F)(F)F)cc1C. The zero-order valence-corrected chi connectivity index (χ0v) is 11.9. The van der Waals surface area contributed by atoms with Gasteiger partial charge in [-0.3, -0.25) is 4.98 Å². The summed E-state index contributed by atoms with van der Waals surface area (Å²) in [5.74, 6) is 0. The predicted octanol–water partition coefficient (Wildman–Crippen LogP) is 3.91. The molecule has 0 aliphatic heterocycles. The molecular weight excluding hydrogens is 277 g/mol. The average molecular weight is 294 g/mol. The lowest BCUT2D eigenvalue weighted by Gasteiger charge is -2.20. The van der Waals surface area contributed by atoms with Crippen LogP contribution in [0.15, 0.2) is 42.7 Å². The van der Waals surface area contributed by atoms with E-state index in [0.29, 0.717) is 12.0 Å². The van der Waals surface area contributed by atoms with Crippen molar-refractivity contribution < 1.29 is 13.2 Å². The molecule has 0 saturated heterocycles. The Balaban J connectivity index is 2.26. The summed E-state index contributed by atoms with van der Waals surface area (Å²) in [6, 6.07) is 7.64. The van der Waals surface area contributed by atoms with Gasteiger partial charge in [-0.05, 0) is 55.3 Å². The number of pyridine rings is 1. The maximum Gasteiger partial charge on any atom is 0.416 e. The highest BCUT2D eigenvalue weighted by molar-refractivity contribution is 5.35. The fourth-order valence-corrected chi connectivity index (χ4v) is 2.37. The summed E-state index contributed by atoms with van der Waals surface area (Å²) in [4.78, 5) is 4.06. The summed E-state index contributed by atoms with van der Waals surface area (Å²) >= 11 is 0. The van der Waals surface area contributed by atoms with Gasteiger partial charge in [-0.15, -0.1) is 0 Å². The minimum Gasteiger partial charge on any atom is -0.313 e. The van der Waals surface area contributed by atoms with Crippen molar-refractivity contribution in [1.29, 1.82) is 0 Å². The summed E-state index contributed by atoms with van der Waals surface area (Å²) in [6.45, 7) is 1.71. The lowest BCUT2D eigenvalue weighted by molar-refractivity contribution is -0.137. The Bertz CT molecular complexity index is 594. The summed E-state index contributed by atoms with van der Waals surface area (Å²) in [6.07, 6.45) is -0.163. The Kier molecular flexibility index (Phi) is 4.63. The van der Waals surface area contributed by atoms with E-state index in [1.165, 1.54) is 6.07 Å². The highest BCUT2D eigenvalue weighted by Gasteiger charge is 2.31. The molecule has 112 valence electrons. The van der Waals surface area contributed by atoms with Gasteiger partial charge in [0.15, 0.2) is 0 Å². The van der Waals surface area contributed by atoms with Gasteiger partial charge in [0.2, 0.25) is 0 Å². The highest BCUT2D eigenvalue weighted by atomic mass is 19.4. The second kappa shape index (κ2) is 6.26. The molecule has 1 aromatic heterocycles. The van der Waals surface area contributed by atoms with Gasteiger partial charge in [-0.2, -0.15) is 13.2 Å². The normalized spacial score (nSPS) is 13.2. The van der Waals surface area contributed by atoms with E-state index in [-0.39, 0.29) is 6.04 Å². The molecule has 1 heterocycles. The zero-order chi connectivity index (χ0) is 15.5. The minimum atomic E-state index is -4.30. The van der Waals surface area contributed by atoms with Crippen LogP contribution in [0, 0.1) is 6.92 Å². The van der Waals surface area contributed by atoms with Crippen LogP contribution in [0.3, 0.4) is 0 Å². The molecule has 2 rings (SSSR count). The number of rotatable bonds is 4. The third-order valence-corrected chi connectivity index (χ3v) is 3.48. The molecule has 0 fully saturated rings. The summed E-state index contributed by atoms with van der Waals surface area (Å²) in [5.41, 5.74) is 1.93. The van der Waals surface area contributed by atoms with Crippen LogP contribution in [0.2, 0.25) is 0 Å². The van der Waals surface area contributed by atoms with Crippen LogP contribution >= 0.6 is 0 Å². The molecule has 0 spiro atoms. The molecule has 0 aliphatic carbocycles. The predicted molar refractivity (Wildman–Crippen MR) is 75.9 cm³/mol. The van der Waals surface area contributed by atoms with Crippen LogP contribution < -0.4 is 5.32 Å². The van der Waals surface area contributed by atoms with Crippen LogP contribution in [0.4, 0.5) is 13.2 Å². The summed E-state index contributed by atoms with van der Waals surface area (Å²) in [5, 5.41) is 3.16. The standard InChI is InChI=1S/C16H17F3N2/c1-11-8-13(16(17,18)19)5-6-14(11)15(20-2)9-12-4-3-7-21-10-12/h3-8,10,15,20H,9H2,1-2H3. The van der Waals surface area contributed by atoms with E-state index in [1.54, 1.807) is 32.4 Å². The van der Waals surface area contributed by atoms with Crippen molar-refractivity contribution in [2.24, 2.45) is 0 Å². The first-order valence-corrected chi connectivity index (χ1v) is 6.65. The minimum absolute atomic E-state index is 0.0449.